The highest BCUT2D eigenvalue weighted by molar-refractivity contribution is 7.90. The van der Waals surface area contributed by atoms with Crippen molar-refractivity contribution in [3.05, 3.63) is 86.2 Å². The number of H-pyrrole nitrogens is 1. The van der Waals surface area contributed by atoms with E-state index in [4.69, 9.17) is 5.26 Å². The van der Waals surface area contributed by atoms with Gasteiger partial charge in [0.05, 0.1) is 10.6 Å². The van der Waals surface area contributed by atoms with Gasteiger partial charge in [0, 0.05) is 6.26 Å². The number of aromatic amines is 1. The Morgan fingerprint density at radius 2 is 1.81 bits per heavy atom. The van der Waals surface area contributed by atoms with E-state index in [2.05, 4.69) is 5.10 Å². The molecule has 3 rings (SSSR count). The molecule has 0 fully saturated rings. The third-order valence-corrected chi connectivity index (χ3v) is 4.96. The molecule has 0 aliphatic heterocycles. The lowest BCUT2D eigenvalue weighted by atomic mass is 10.0. The van der Waals surface area contributed by atoms with E-state index < -0.39 is 26.8 Å². The second kappa shape index (κ2) is 7.01. The maximum Gasteiger partial charge on any atom is 0.349 e. The van der Waals surface area contributed by atoms with Crippen molar-refractivity contribution in [3.8, 4) is 11.8 Å². The summed E-state index contributed by atoms with van der Waals surface area (Å²) in [6, 6.07) is 15.6. The molecule has 0 aliphatic rings. The fourth-order valence-electron chi connectivity index (χ4n) is 2.61. The van der Waals surface area contributed by atoms with Gasteiger partial charge in [0.25, 0.3) is 5.56 Å². The molecule has 136 valence electrons. The first-order valence-corrected chi connectivity index (χ1v) is 9.70. The number of aromatic nitrogens is 3. The number of sulfone groups is 1. The SMILES string of the molecule is CS(=O)(=O)c1cc(Cc2ccccc2)ccc1-n1nc(C#N)c(=O)[nH]c1=O. The van der Waals surface area contributed by atoms with E-state index in [1.54, 1.807) is 12.1 Å². The van der Waals surface area contributed by atoms with Gasteiger partial charge in [-0.3, -0.25) is 9.78 Å². The molecule has 1 N–H and O–H groups in total. The lowest BCUT2D eigenvalue weighted by Gasteiger charge is -2.11. The molecule has 9 heteroatoms. The van der Waals surface area contributed by atoms with Crippen LogP contribution in [0, 0.1) is 11.3 Å². The van der Waals surface area contributed by atoms with Crippen LogP contribution in [0.4, 0.5) is 0 Å². The van der Waals surface area contributed by atoms with Crippen LogP contribution >= 0.6 is 0 Å². The average Bonchev–Trinajstić information content (AvgIpc) is 2.62. The Balaban J connectivity index is 2.19. The smallest absolute Gasteiger partial charge is 0.270 e. The zero-order valence-electron chi connectivity index (χ0n) is 14.2. The van der Waals surface area contributed by atoms with Crippen LogP contribution in [0.5, 0.6) is 0 Å². The molecule has 8 nitrogen and oxygen atoms in total. The van der Waals surface area contributed by atoms with Gasteiger partial charge in [-0.2, -0.15) is 9.94 Å². The van der Waals surface area contributed by atoms with Crippen LogP contribution in [0.25, 0.3) is 5.69 Å². The number of nitriles is 1. The number of hydrogen-bond donors (Lipinski definition) is 1. The average molecular weight is 382 g/mol. The van der Waals surface area contributed by atoms with Gasteiger partial charge in [0.1, 0.15) is 6.07 Å². The summed E-state index contributed by atoms with van der Waals surface area (Å²) in [5.74, 6) is 0. The summed E-state index contributed by atoms with van der Waals surface area (Å²) in [6.07, 6.45) is 1.51. The Bertz CT molecular complexity index is 1270. The zero-order valence-corrected chi connectivity index (χ0v) is 15.0. The van der Waals surface area contributed by atoms with E-state index in [0.29, 0.717) is 11.1 Å². The molecule has 1 aromatic heterocycles. The monoisotopic (exact) mass is 382 g/mol. The number of hydrogen-bond acceptors (Lipinski definition) is 6. The van der Waals surface area contributed by atoms with Gasteiger partial charge in [0.15, 0.2) is 9.84 Å². The van der Waals surface area contributed by atoms with Crippen molar-refractivity contribution in [2.24, 2.45) is 0 Å². The number of nitrogens with zero attached hydrogens (tertiary/aromatic N) is 3. The van der Waals surface area contributed by atoms with E-state index in [0.717, 1.165) is 17.4 Å². The van der Waals surface area contributed by atoms with Gasteiger partial charge in [0.2, 0.25) is 5.69 Å². The largest absolute Gasteiger partial charge is 0.349 e. The second-order valence-electron chi connectivity index (χ2n) is 5.87. The molecule has 0 saturated heterocycles. The molecule has 27 heavy (non-hydrogen) atoms. The molecule has 0 saturated carbocycles. The number of benzene rings is 2. The Hall–Kier alpha value is -3.51. The van der Waals surface area contributed by atoms with Gasteiger partial charge >= 0.3 is 5.69 Å². The number of rotatable bonds is 4. The van der Waals surface area contributed by atoms with Crippen LogP contribution in [-0.4, -0.2) is 29.4 Å². The predicted molar refractivity (Wildman–Crippen MR) is 97.5 cm³/mol. The Kier molecular flexibility index (Phi) is 4.75. The minimum absolute atomic E-state index is 0.0351. The summed E-state index contributed by atoms with van der Waals surface area (Å²) in [4.78, 5) is 25.5. The Morgan fingerprint density at radius 1 is 1.11 bits per heavy atom. The standard InChI is InChI=1S/C18H14N4O4S/c1-27(25,26)16-10-13(9-12-5-3-2-4-6-12)7-8-15(16)22-18(24)20-17(23)14(11-19)21-22/h2-8,10H,9H2,1H3,(H,20,23,24). The molecule has 0 unspecified atom stereocenters. The third-order valence-electron chi connectivity index (χ3n) is 3.84. The van der Waals surface area contributed by atoms with E-state index in [-0.39, 0.29) is 10.6 Å². The summed E-state index contributed by atoms with van der Waals surface area (Å²) < 4.78 is 25.3. The molecule has 2 aromatic carbocycles. The van der Waals surface area contributed by atoms with Crippen molar-refractivity contribution < 1.29 is 8.42 Å². The van der Waals surface area contributed by atoms with E-state index in [9.17, 15) is 18.0 Å². The first-order valence-electron chi connectivity index (χ1n) is 7.80. The highest BCUT2D eigenvalue weighted by Gasteiger charge is 2.19. The lowest BCUT2D eigenvalue weighted by molar-refractivity contribution is 0.599. The van der Waals surface area contributed by atoms with Gasteiger partial charge < -0.3 is 0 Å². The van der Waals surface area contributed by atoms with Crippen molar-refractivity contribution >= 4 is 9.84 Å². The van der Waals surface area contributed by atoms with Crippen LogP contribution in [0.1, 0.15) is 16.8 Å². The fraction of sp³-hybridized carbons (Fsp3) is 0.111. The molecule has 0 radical (unpaired) electrons. The summed E-state index contributed by atoms with van der Waals surface area (Å²) >= 11 is 0. The van der Waals surface area contributed by atoms with Gasteiger partial charge in [-0.1, -0.05) is 36.4 Å². The first-order chi connectivity index (χ1) is 12.8. The molecule has 0 amide bonds. The van der Waals surface area contributed by atoms with Crippen molar-refractivity contribution in [1.29, 1.82) is 5.26 Å². The van der Waals surface area contributed by atoms with Gasteiger partial charge in [-0.05, 0) is 29.7 Å². The highest BCUT2D eigenvalue weighted by atomic mass is 32.2. The maximum atomic E-state index is 12.3. The minimum Gasteiger partial charge on any atom is -0.270 e. The van der Waals surface area contributed by atoms with Crippen LogP contribution in [0.2, 0.25) is 0 Å². The minimum atomic E-state index is -3.72. The van der Waals surface area contributed by atoms with Crippen molar-refractivity contribution in [1.82, 2.24) is 14.8 Å². The summed E-state index contributed by atoms with van der Waals surface area (Å²) in [5, 5.41) is 12.6. The summed E-state index contributed by atoms with van der Waals surface area (Å²) in [5.41, 5.74) is -0.714. The zero-order chi connectivity index (χ0) is 19.6. The molecule has 3 aromatic rings. The summed E-state index contributed by atoms with van der Waals surface area (Å²) in [7, 11) is -3.72. The van der Waals surface area contributed by atoms with E-state index in [1.807, 2.05) is 35.3 Å². The predicted octanol–water partition coefficient (Wildman–Crippen LogP) is 0.787. The van der Waals surface area contributed by atoms with Gasteiger partial charge in [-0.25, -0.2) is 13.2 Å². The van der Waals surface area contributed by atoms with Crippen molar-refractivity contribution in [3.63, 3.8) is 0 Å². The van der Waals surface area contributed by atoms with Crippen molar-refractivity contribution in [2.45, 2.75) is 11.3 Å². The first kappa shape index (κ1) is 18.3. The topological polar surface area (TPSA) is 126 Å². The van der Waals surface area contributed by atoms with E-state index >= 15 is 0 Å². The maximum absolute atomic E-state index is 12.3. The second-order valence-corrected chi connectivity index (χ2v) is 7.85. The van der Waals surface area contributed by atoms with Crippen LogP contribution in [-0.2, 0) is 16.3 Å². The number of nitrogens with one attached hydrogen (secondary N) is 1. The van der Waals surface area contributed by atoms with Crippen LogP contribution < -0.4 is 11.2 Å². The van der Waals surface area contributed by atoms with E-state index in [1.165, 1.54) is 12.1 Å². The lowest BCUT2D eigenvalue weighted by Crippen LogP contribution is -2.33. The Morgan fingerprint density at radius 3 is 2.44 bits per heavy atom. The molecule has 0 aliphatic carbocycles. The van der Waals surface area contributed by atoms with Crippen LogP contribution in [0.3, 0.4) is 0 Å². The fourth-order valence-corrected chi connectivity index (χ4v) is 3.51. The third kappa shape index (κ3) is 3.86. The molecule has 0 bridgehead atoms. The van der Waals surface area contributed by atoms with Gasteiger partial charge in [-0.15, -0.1) is 5.10 Å². The molecular formula is C18H14N4O4S. The normalized spacial score (nSPS) is 11.1. The quantitative estimate of drug-likeness (QED) is 0.711. The molecular weight excluding hydrogens is 368 g/mol. The molecule has 0 spiro atoms. The highest BCUT2D eigenvalue weighted by Crippen LogP contribution is 2.22. The Labute approximate surface area is 154 Å². The molecule has 1 heterocycles. The summed E-state index contributed by atoms with van der Waals surface area (Å²) in [6.45, 7) is 0. The van der Waals surface area contributed by atoms with Crippen molar-refractivity contribution in [2.75, 3.05) is 6.26 Å². The molecule has 0 atom stereocenters. The van der Waals surface area contributed by atoms with Crippen LogP contribution in [0.15, 0.2) is 63.0 Å².